The molecule has 0 amide bonds. The molecule has 0 saturated carbocycles. The molecule has 1 fully saturated rings. The minimum Gasteiger partial charge on any atom is -0.468 e. The number of hydrogen-bond acceptors (Lipinski definition) is 3. The zero-order chi connectivity index (χ0) is 10.2. The van der Waals surface area contributed by atoms with Gasteiger partial charge in [-0.1, -0.05) is 32.1 Å². The number of rotatable bonds is 1. The quantitative estimate of drug-likeness (QED) is 0.655. The van der Waals surface area contributed by atoms with Crippen LogP contribution in [0.5, 0.6) is 0 Å². The third kappa shape index (κ3) is 4.09. The van der Waals surface area contributed by atoms with E-state index < -0.39 is 0 Å². The second kappa shape index (κ2) is 6.82. The fourth-order valence-electron chi connectivity index (χ4n) is 1.90. The molecule has 1 unspecified atom stereocenters. The van der Waals surface area contributed by atoms with Crippen LogP contribution in [0.2, 0.25) is 0 Å². The van der Waals surface area contributed by atoms with Gasteiger partial charge in [0.05, 0.1) is 7.11 Å². The summed E-state index contributed by atoms with van der Waals surface area (Å²) in [6, 6.07) is -0.0712. The molecule has 1 heterocycles. The van der Waals surface area contributed by atoms with Crippen LogP contribution in [-0.2, 0) is 9.53 Å². The Morgan fingerprint density at radius 2 is 1.79 bits per heavy atom. The lowest BCUT2D eigenvalue weighted by Gasteiger charge is -2.17. The maximum Gasteiger partial charge on any atom is 0.322 e. The van der Waals surface area contributed by atoms with Crippen molar-refractivity contribution in [3.8, 4) is 0 Å². The Hall–Kier alpha value is -0.570. The molecule has 1 atom stereocenters. The zero-order valence-electron chi connectivity index (χ0n) is 9.05. The van der Waals surface area contributed by atoms with Gasteiger partial charge in [0.15, 0.2) is 0 Å². The fourth-order valence-corrected chi connectivity index (χ4v) is 1.90. The van der Waals surface area contributed by atoms with E-state index in [0.717, 1.165) is 19.4 Å². The van der Waals surface area contributed by atoms with E-state index in [2.05, 4.69) is 5.32 Å². The third-order valence-electron chi connectivity index (χ3n) is 2.80. The van der Waals surface area contributed by atoms with Crippen LogP contribution in [0.15, 0.2) is 0 Å². The summed E-state index contributed by atoms with van der Waals surface area (Å²) in [6.07, 6.45) is 8.40. The van der Waals surface area contributed by atoms with Gasteiger partial charge in [-0.3, -0.25) is 4.79 Å². The average Bonchev–Trinajstić information content (AvgIpc) is 2.24. The van der Waals surface area contributed by atoms with E-state index in [4.69, 9.17) is 4.74 Å². The lowest BCUT2D eigenvalue weighted by Crippen LogP contribution is -2.38. The first kappa shape index (κ1) is 11.5. The summed E-state index contributed by atoms with van der Waals surface area (Å²) < 4.78 is 4.76. The Bertz CT molecular complexity index is 161. The topological polar surface area (TPSA) is 38.3 Å². The van der Waals surface area contributed by atoms with Crippen molar-refractivity contribution in [2.24, 2.45) is 0 Å². The first-order valence-electron chi connectivity index (χ1n) is 5.66. The summed E-state index contributed by atoms with van der Waals surface area (Å²) >= 11 is 0. The van der Waals surface area contributed by atoms with E-state index in [0.29, 0.717) is 0 Å². The van der Waals surface area contributed by atoms with Crippen molar-refractivity contribution in [3.63, 3.8) is 0 Å². The van der Waals surface area contributed by atoms with Gasteiger partial charge in [0.25, 0.3) is 0 Å². The largest absolute Gasteiger partial charge is 0.468 e. The number of esters is 1. The number of nitrogens with one attached hydrogen (secondary N) is 1. The first-order valence-corrected chi connectivity index (χ1v) is 5.66. The normalized spacial score (nSPS) is 25.4. The van der Waals surface area contributed by atoms with E-state index in [-0.39, 0.29) is 12.0 Å². The molecular formula is C11H21NO2. The van der Waals surface area contributed by atoms with Crippen molar-refractivity contribution in [2.75, 3.05) is 13.7 Å². The molecule has 1 aliphatic rings. The van der Waals surface area contributed by atoms with Crippen molar-refractivity contribution in [1.82, 2.24) is 5.32 Å². The maximum absolute atomic E-state index is 11.3. The van der Waals surface area contributed by atoms with Crippen LogP contribution in [0.3, 0.4) is 0 Å². The Morgan fingerprint density at radius 1 is 1.14 bits per heavy atom. The molecule has 0 aromatic rings. The Morgan fingerprint density at radius 3 is 2.50 bits per heavy atom. The third-order valence-corrected chi connectivity index (χ3v) is 2.80. The molecule has 14 heavy (non-hydrogen) atoms. The Kier molecular flexibility index (Phi) is 5.60. The van der Waals surface area contributed by atoms with Gasteiger partial charge >= 0.3 is 5.97 Å². The van der Waals surface area contributed by atoms with Crippen LogP contribution in [0, 0.1) is 0 Å². The molecule has 0 aromatic heterocycles. The van der Waals surface area contributed by atoms with Gasteiger partial charge in [0, 0.05) is 0 Å². The number of carbonyl (C=O) groups excluding carboxylic acids is 1. The zero-order valence-corrected chi connectivity index (χ0v) is 9.05. The molecule has 0 aliphatic carbocycles. The van der Waals surface area contributed by atoms with E-state index in [1.54, 1.807) is 0 Å². The monoisotopic (exact) mass is 199 g/mol. The molecule has 1 N–H and O–H groups in total. The highest BCUT2D eigenvalue weighted by molar-refractivity contribution is 5.75. The van der Waals surface area contributed by atoms with Gasteiger partial charge in [-0.25, -0.2) is 0 Å². The Balaban J connectivity index is 2.34. The van der Waals surface area contributed by atoms with Crippen LogP contribution in [0.1, 0.15) is 44.9 Å². The summed E-state index contributed by atoms with van der Waals surface area (Å²) in [5.74, 6) is -0.106. The smallest absolute Gasteiger partial charge is 0.322 e. The molecule has 0 spiro atoms. The molecule has 82 valence electrons. The lowest BCUT2D eigenvalue weighted by atomic mass is 10.0. The number of hydrogen-bond donors (Lipinski definition) is 1. The van der Waals surface area contributed by atoms with Gasteiger partial charge in [-0.15, -0.1) is 0 Å². The van der Waals surface area contributed by atoms with Gasteiger partial charge in [0.2, 0.25) is 0 Å². The number of ether oxygens (including phenoxy) is 1. The summed E-state index contributed by atoms with van der Waals surface area (Å²) in [7, 11) is 1.46. The van der Waals surface area contributed by atoms with Gasteiger partial charge < -0.3 is 10.1 Å². The molecule has 1 saturated heterocycles. The second-order valence-electron chi connectivity index (χ2n) is 3.94. The molecule has 0 aromatic carbocycles. The highest BCUT2D eigenvalue weighted by atomic mass is 16.5. The van der Waals surface area contributed by atoms with E-state index in [9.17, 15) is 4.79 Å². The highest BCUT2D eigenvalue weighted by Crippen LogP contribution is 2.11. The summed E-state index contributed by atoms with van der Waals surface area (Å²) in [5.41, 5.74) is 0. The predicted octanol–water partition coefficient (Wildman–Crippen LogP) is 1.86. The van der Waals surface area contributed by atoms with Crippen molar-refractivity contribution in [2.45, 2.75) is 51.0 Å². The summed E-state index contributed by atoms with van der Waals surface area (Å²) in [6.45, 7) is 0.944. The van der Waals surface area contributed by atoms with E-state index in [1.165, 1.54) is 39.2 Å². The van der Waals surface area contributed by atoms with Crippen molar-refractivity contribution < 1.29 is 9.53 Å². The van der Waals surface area contributed by atoms with Gasteiger partial charge in [-0.2, -0.15) is 0 Å². The maximum atomic E-state index is 11.3. The minimum atomic E-state index is -0.106. The predicted molar refractivity (Wildman–Crippen MR) is 56.1 cm³/mol. The van der Waals surface area contributed by atoms with Crippen LogP contribution in [0.25, 0.3) is 0 Å². The van der Waals surface area contributed by atoms with Crippen molar-refractivity contribution in [1.29, 1.82) is 0 Å². The SMILES string of the molecule is COC(=O)C1CCCCCCCCN1. The highest BCUT2D eigenvalue weighted by Gasteiger charge is 2.17. The van der Waals surface area contributed by atoms with Crippen LogP contribution in [-0.4, -0.2) is 25.7 Å². The molecule has 3 heteroatoms. The van der Waals surface area contributed by atoms with E-state index in [1.807, 2.05) is 0 Å². The minimum absolute atomic E-state index is 0.0712. The lowest BCUT2D eigenvalue weighted by molar-refractivity contribution is -0.143. The molecule has 3 nitrogen and oxygen atoms in total. The molecule has 1 rings (SSSR count). The molecule has 1 aliphatic heterocycles. The van der Waals surface area contributed by atoms with Crippen molar-refractivity contribution in [3.05, 3.63) is 0 Å². The Labute approximate surface area is 86.2 Å². The van der Waals surface area contributed by atoms with Gasteiger partial charge in [-0.05, 0) is 19.4 Å². The van der Waals surface area contributed by atoms with Crippen LogP contribution < -0.4 is 5.32 Å². The van der Waals surface area contributed by atoms with E-state index >= 15 is 0 Å². The first-order chi connectivity index (χ1) is 6.84. The molecule has 0 bridgehead atoms. The van der Waals surface area contributed by atoms with Crippen LogP contribution in [0.4, 0.5) is 0 Å². The molecule has 0 radical (unpaired) electrons. The van der Waals surface area contributed by atoms with Gasteiger partial charge in [0.1, 0.15) is 6.04 Å². The van der Waals surface area contributed by atoms with Crippen molar-refractivity contribution >= 4 is 5.97 Å². The number of methoxy groups -OCH3 is 1. The standard InChI is InChI=1S/C11H21NO2/c1-14-11(13)10-8-6-4-2-3-5-7-9-12-10/h10,12H,2-9H2,1H3. The average molecular weight is 199 g/mol. The fraction of sp³-hybridized carbons (Fsp3) is 0.909. The number of carbonyl (C=O) groups is 1. The molecular weight excluding hydrogens is 178 g/mol. The summed E-state index contributed by atoms with van der Waals surface area (Å²) in [4.78, 5) is 11.3. The summed E-state index contributed by atoms with van der Waals surface area (Å²) in [5, 5.41) is 3.27. The second-order valence-corrected chi connectivity index (χ2v) is 3.94. The van der Waals surface area contributed by atoms with Crippen LogP contribution >= 0.6 is 0 Å².